The smallest absolute Gasteiger partial charge is 0.250 e. The number of hydrogen-bond acceptors (Lipinski definition) is 4. The van der Waals surface area contributed by atoms with Crippen molar-refractivity contribution in [3.8, 4) is 5.75 Å². The molecule has 1 heterocycles. The van der Waals surface area contributed by atoms with Gasteiger partial charge in [-0.25, -0.2) is 0 Å². The largest absolute Gasteiger partial charge is 0.543 e. The van der Waals surface area contributed by atoms with Gasteiger partial charge in [0.1, 0.15) is 5.75 Å². The Bertz CT molecular complexity index is 1030. The highest BCUT2D eigenvalue weighted by Gasteiger charge is 2.39. The van der Waals surface area contributed by atoms with Gasteiger partial charge in [-0.1, -0.05) is 51.1 Å². The molecule has 2 aromatic rings. The minimum Gasteiger partial charge on any atom is -0.543 e. The molecule has 0 aromatic heterocycles. The van der Waals surface area contributed by atoms with Crippen molar-refractivity contribution in [2.45, 2.75) is 70.9 Å². The number of amides is 1. The molecule has 0 spiro atoms. The van der Waals surface area contributed by atoms with Crippen LogP contribution in [0.4, 0.5) is 0 Å². The molecule has 0 aliphatic carbocycles. The second kappa shape index (κ2) is 10.7. The summed E-state index contributed by atoms with van der Waals surface area (Å²) in [5, 5.41) is 0.123. The molecular formula is C29H43N3O2Si. The van der Waals surface area contributed by atoms with Gasteiger partial charge in [0.2, 0.25) is 14.2 Å². The molecule has 5 nitrogen and oxygen atoms in total. The number of benzene rings is 2. The SMILES string of the molecule is C=CCN1C[C@H](C)N([C@H](c2ccc(C(N)=O)cc2)c2cccc(O[Si](C)(C)C(C)(C)C)c2)C[C@H]1C. The first-order chi connectivity index (χ1) is 16.3. The maximum Gasteiger partial charge on any atom is 0.250 e. The zero-order chi connectivity index (χ0) is 26.0. The Hall–Kier alpha value is -2.41. The lowest BCUT2D eigenvalue weighted by Crippen LogP contribution is -2.57. The summed E-state index contributed by atoms with van der Waals surface area (Å²) in [5.41, 5.74) is 8.39. The quantitative estimate of drug-likeness (QED) is 0.371. The topological polar surface area (TPSA) is 58.8 Å². The molecule has 6 heteroatoms. The summed E-state index contributed by atoms with van der Waals surface area (Å²) in [5.74, 6) is 0.525. The van der Waals surface area contributed by atoms with Crippen LogP contribution in [0.25, 0.3) is 0 Å². The van der Waals surface area contributed by atoms with E-state index < -0.39 is 14.2 Å². The molecule has 0 saturated carbocycles. The van der Waals surface area contributed by atoms with Gasteiger partial charge >= 0.3 is 0 Å². The minimum absolute atomic E-state index is 0.0447. The van der Waals surface area contributed by atoms with Gasteiger partial charge in [0, 0.05) is 37.3 Å². The van der Waals surface area contributed by atoms with E-state index in [9.17, 15) is 4.79 Å². The number of hydrogen-bond donors (Lipinski definition) is 1. The zero-order valence-electron chi connectivity index (χ0n) is 22.5. The van der Waals surface area contributed by atoms with E-state index in [-0.39, 0.29) is 11.1 Å². The summed E-state index contributed by atoms with van der Waals surface area (Å²) < 4.78 is 6.67. The monoisotopic (exact) mass is 493 g/mol. The van der Waals surface area contributed by atoms with Gasteiger partial charge < -0.3 is 10.2 Å². The number of piperazine rings is 1. The first-order valence-electron chi connectivity index (χ1n) is 12.6. The Kier molecular flexibility index (Phi) is 8.30. The lowest BCUT2D eigenvalue weighted by Gasteiger charge is -2.47. The van der Waals surface area contributed by atoms with Crippen molar-refractivity contribution < 1.29 is 9.22 Å². The van der Waals surface area contributed by atoms with Gasteiger partial charge in [-0.15, -0.1) is 6.58 Å². The van der Waals surface area contributed by atoms with Crippen LogP contribution in [0.2, 0.25) is 18.1 Å². The molecule has 1 aliphatic heterocycles. The second-order valence-corrected chi connectivity index (χ2v) is 16.2. The van der Waals surface area contributed by atoms with E-state index in [1.54, 1.807) is 0 Å². The number of rotatable bonds is 8. The molecule has 1 saturated heterocycles. The van der Waals surface area contributed by atoms with Crippen LogP contribution in [0.15, 0.2) is 61.2 Å². The van der Waals surface area contributed by atoms with E-state index >= 15 is 0 Å². The fourth-order valence-electron chi connectivity index (χ4n) is 4.61. The first-order valence-corrected chi connectivity index (χ1v) is 15.5. The molecule has 3 rings (SSSR count). The van der Waals surface area contributed by atoms with E-state index in [2.05, 4.69) is 88.4 Å². The van der Waals surface area contributed by atoms with Gasteiger partial charge in [0.15, 0.2) is 0 Å². The summed E-state index contributed by atoms with van der Waals surface area (Å²) in [7, 11) is -1.97. The Morgan fingerprint density at radius 2 is 1.77 bits per heavy atom. The maximum atomic E-state index is 11.7. The number of nitrogens with two attached hydrogens (primary N) is 1. The Morgan fingerprint density at radius 1 is 1.11 bits per heavy atom. The predicted molar refractivity (Wildman–Crippen MR) is 148 cm³/mol. The molecule has 0 radical (unpaired) electrons. The van der Waals surface area contributed by atoms with Crippen LogP contribution >= 0.6 is 0 Å². The lowest BCUT2D eigenvalue weighted by molar-refractivity contribution is 0.0306. The zero-order valence-corrected chi connectivity index (χ0v) is 23.5. The molecule has 0 unspecified atom stereocenters. The molecule has 1 fully saturated rings. The molecule has 35 heavy (non-hydrogen) atoms. The Morgan fingerprint density at radius 3 is 2.34 bits per heavy atom. The van der Waals surface area contributed by atoms with Crippen LogP contribution in [0.5, 0.6) is 5.75 Å². The fourth-order valence-corrected chi connectivity index (χ4v) is 5.63. The molecule has 190 valence electrons. The van der Waals surface area contributed by atoms with Gasteiger partial charge in [0.25, 0.3) is 0 Å². The third kappa shape index (κ3) is 6.24. The third-order valence-corrected chi connectivity index (χ3v) is 12.1. The maximum absolute atomic E-state index is 11.7. The van der Waals surface area contributed by atoms with Gasteiger partial charge in [-0.05, 0) is 67.4 Å². The summed E-state index contributed by atoms with van der Waals surface area (Å²) in [6.45, 7) is 22.7. The number of primary amides is 1. The molecule has 3 atom stereocenters. The van der Waals surface area contributed by atoms with Crippen molar-refractivity contribution >= 4 is 14.2 Å². The van der Waals surface area contributed by atoms with E-state index in [0.717, 1.165) is 30.9 Å². The summed E-state index contributed by atoms with van der Waals surface area (Å²) in [4.78, 5) is 16.8. The number of nitrogens with zero attached hydrogens (tertiary/aromatic N) is 2. The Balaban J connectivity index is 2.02. The van der Waals surface area contributed by atoms with Crippen molar-refractivity contribution in [1.29, 1.82) is 0 Å². The van der Waals surface area contributed by atoms with E-state index in [4.69, 9.17) is 10.2 Å². The van der Waals surface area contributed by atoms with Crippen molar-refractivity contribution in [3.05, 3.63) is 77.9 Å². The highest BCUT2D eigenvalue weighted by atomic mass is 28.4. The average molecular weight is 494 g/mol. The Labute approximate surface area is 213 Å². The van der Waals surface area contributed by atoms with Crippen LogP contribution in [-0.2, 0) is 0 Å². The lowest BCUT2D eigenvalue weighted by atomic mass is 9.92. The van der Waals surface area contributed by atoms with Crippen LogP contribution in [-0.4, -0.2) is 55.7 Å². The second-order valence-electron chi connectivity index (χ2n) is 11.5. The van der Waals surface area contributed by atoms with E-state index in [1.165, 1.54) is 5.56 Å². The number of carbonyl (C=O) groups is 1. The van der Waals surface area contributed by atoms with Crippen molar-refractivity contribution in [2.24, 2.45) is 5.73 Å². The highest BCUT2D eigenvalue weighted by Crippen LogP contribution is 2.39. The van der Waals surface area contributed by atoms with E-state index in [1.807, 2.05) is 30.3 Å². The van der Waals surface area contributed by atoms with Crippen LogP contribution in [0.1, 0.15) is 62.1 Å². The molecule has 1 aliphatic rings. The van der Waals surface area contributed by atoms with Gasteiger partial charge in [-0.2, -0.15) is 0 Å². The minimum atomic E-state index is -1.97. The van der Waals surface area contributed by atoms with Crippen molar-refractivity contribution in [3.63, 3.8) is 0 Å². The standard InChI is InChI=1S/C29H43N3O2Si/c1-9-17-31-19-22(3)32(20-21(31)2)27(23-13-15-24(16-14-23)28(30)33)25-11-10-12-26(18-25)34-35(7,8)29(4,5)6/h9-16,18,21-22,27H,1,17,19-20H2,2-8H3,(H2,30,33)/t21-,22+,27-/m1/s1. The van der Waals surface area contributed by atoms with Crippen LogP contribution < -0.4 is 10.2 Å². The van der Waals surface area contributed by atoms with Crippen LogP contribution in [0.3, 0.4) is 0 Å². The summed E-state index contributed by atoms with van der Waals surface area (Å²) >= 11 is 0. The third-order valence-electron chi connectivity index (χ3n) is 7.72. The molecule has 2 aromatic carbocycles. The molecule has 2 N–H and O–H groups in total. The molecular weight excluding hydrogens is 450 g/mol. The van der Waals surface area contributed by atoms with Crippen molar-refractivity contribution in [2.75, 3.05) is 19.6 Å². The van der Waals surface area contributed by atoms with Gasteiger partial charge in [-0.3, -0.25) is 14.6 Å². The molecule has 1 amide bonds. The van der Waals surface area contributed by atoms with Crippen LogP contribution in [0, 0.1) is 0 Å². The highest BCUT2D eigenvalue weighted by molar-refractivity contribution is 6.74. The fraction of sp³-hybridized carbons (Fsp3) is 0.483. The number of carbonyl (C=O) groups excluding carboxylic acids is 1. The normalized spacial score (nSPS) is 20.9. The first kappa shape index (κ1) is 27.2. The predicted octanol–water partition coefficient (Wildman–Crippen LogP) is 5.84. The average Bonchev–Trinajstić information content (AvgIpc) is 2.77. The summed E-state index contributed by atoms with van der Waals surface area (Å²) in [6.07, 6.45) is 1.99. The van der Waals surface area contributed by atoms with E-state index in [0.29, 0.717) is 17.6 Å². The van der Waals surface area contributed by atoms with Crippen molar-refractivity contribution in [1.82, 2.24) is 9.80 Å². The van der Waals surface area contributed by atoms with Gasteiger partial charge in [0.05, 0.1) is 6.04 Å². The molecule has 0 bridgehead atoms. The summed E-state index contributed by atoms with van der Waals surface area (Å²) in [6, 6.07) is 17.1.